The van der Waals surface area contributed by atoms with Crippen molar-refractivity contribution in [2.75, 3.05) is 13.6 Å². The molecule has 0 heterocycles. The number of aliphatic hydroxyl groups excluding tert-OH is 1. The lowest BCUT2D eigenvalue weighted by molar-refractivity contribution is -0.133. The number of nitrogens with one attached hydrogen (secondary N) is 1. The van der Waals surface area contributed by atoms with Gasteiger partial charge >= 0.3 is 0 Å². The molecule has 0 bridgehead atoms. The summed E-state index contributed by atoms with van der Waals surface area (Å²) in [6, 6.07) is -0.162. The Morgan fingerprint density at radius 1 is 1.29 bits per heavy atom. The van der Waals surface area contributed by atoms with Crippen molar-refractivity contribution in [3.63, 3.8) is 0 Å². The highest BCUT2D eigenvalue weighted by molar-refractivity contribution is 5.83. The van der Waals surface area contributed by atoms with Crippen LogP contribution in [0.3, 0.4) is 0 Å². The van der Waals surface area contributed by atoms with Gasteiger partial charge in [-0.2, -0.15) is 0 Å². The van der Waals surface area contributed by atoms with Gasteiger partial charge in [0.2, 0.25) is 11.8 Å². The Hall–Kier alpha value is -1.10. The predicted molar refractivity (Wildman–Crippen MR) is 64.3 cm³/mol. The quantitative estimate of drug-likeness (QED) is 0.698. The molecule has 0 spiro atoms. The van der Waals surface area contributed by atoms with Gasteiger partial charge in [0.25, 0.3) is 0 Å². The lowest BCUT2D eigenvalue weighted by Crippen LogP contribution is -2.46. The van der Waals surface area contributed by atoms with Gasteiger partial charge in [0.05, 0.1) is 18.7 Å². The number of carbonyl (C=O) groups excluding carboxylic acids is 2. The summed E-state index contributed by atoms with van der Waals surface area (Å²) in [7, 11) is 1.59. The first-order chi connectivity index (χ1) is 8.00. The Morgan fingerprint density at radius 2 is 1.94 bits per heavy atom. The van der Waals surface area contributed by atoms with Crippen LogP contribution in [0.1, 0.15) is 39.0 Å². The zero-order chi connectivity index (χ0) is 12.8. The molecule has 1 aliphatic rings. The van der Waals surface area contributed by atoms with Crippen LogP contribution in [-0.4, -0.2) is 47.6 Å². The standard InChI is InChI=1S/C12H22N2O3/c1-9(15)14(2)8-12(17)13-10-6-4-3-5-7-11(10)16/h10-11,16H,3-8H2,1-2H3,(H,13,17). The van der Waals surface area contributed by atoms with E-state index in [0.29, 0.717) is 0 Å². The van der Waals surface area contributed by atoms with Crippen molar-refractivity contribution < 1.29 is 14.7 Å². The minimum absolute atomic E-state index is 0.0541. The van der Waals surface area contributed by atoms with Crippen LogP contribution >= 0.6 is 0 Å². The third kappa shape index (κ3) is 4.73. The molecular formula is C12H22N2O3. The lowest BCUT2D eigenvalue weighted by Gasteiger charge is -2.23. The average molecular weight is 242 g/mol. The third-order valence-corrected chi connectivity index (χ3v) is 3.24. The molecule has 2 amide bonds. The van der Waals surface area contributed by atoms with Crippen molar-refractivity contribution in [2.24, 2.45) is 0 Å². The molecule has 1 rings (SSSR count). The Morgan fingerprint density at radius 3 is 2.59 bits per heavy atom. The Labute approximate surface area is 102 Å². The predicted octanol–water partition coefficient (Wildman–Crippen LogP) is 0.274. The average Bonchev–Trinajstić information content (AvgIpc) is 2.44. The normalized spacial score (nSPS) is 24.9. The van der Waals surface area contributed by atoms with E-state index in [1.807, 2.05) is 0 Å². The van der Waals surface area contributed by atoms with E-state index in [1.54, 1.807) is 7.05 Å². The largest absolute Gasteiger partial charge is 0.391 e. The first-order valence-electron chi connectivity index (χ1n) is 6.20. The minimum Gasteiger partial charge on any atom is -0.391 e. The molecule has 2 N–H and O–H groups in total. The second-order valence-electron chi connectivity index (χ2n) is 4.75. The van der Waals surface area contributed by atoms with Crippen LogP contribution in [0.4, 0.5) is 0 Å². The fraction of sp³-hybridized carbons (Fsp3) is 0.833. The molecule has 1 fully saturated rings. The summed E-state index contributed by atoms with van der Waals surface area (Å²) < 4.78 is 0. The maximum atomic E-state index is 11.7. The topological polar surface area (TPSA) is 69.6 Å². The van der Waals surface area contributed by atoms with Crippen LogP contribution in [0.2, 0.25) is 0 Å². The van der Waals surface area contributed by atoms with Gasteiger partial charge < -0.3 is 15.3 Å². The van der Waals surface area contributed by atoms with Crippen molar-refractivity contribution >= 4 is 11.8 Å². The van der Waals surface area contributed by atoms with E-state index in [9.17, 15) is 14.7 Å². The molecule has 1 saturated carbocycles. The summed E-state index contributed by atoms with van der Waals surface area (Å²) in [5.74, 6) is -0.338. The van der Waals surface area contributed by atoms with Gasteiger partial charge in [-0.15, -0.1) is 0 Å². The van der Waals surface area contributed by atoms with Crippen molar-refractivity contribution in [3.05, 3.63) is 0 Å². The summed E-state index contributed by atoms with van der Waals surface area (Å²) in [6.07, 6.45) is 4.26. The van der Waals surface area contributed by atoms with Crippen molar-refractivity contribution in [1.82, 2.24) is 10.2 Å². The van der Waals surface area contributed by atoms with Gasteiger partial charge in [-0.05, 0) is 12.8 Å². The summed E-state index contributed by atoms with van der Waals surface area (Å²) >= 11 is 0. The van der Waals surface area contributed by atoms with Gasteiger partial charge in [0, 0.05) is 14.0 Å². The van der Waals surface area contributed by atoms with Crippen molar-refractivity contribution in [1.29, 1.82) is 0 Å². The molecule has 5 nitrogen and oxygen atoms in total. The van der Waals surface area contributed by atoms with Crippen molar-refractivity contribution in [3.8, 4) is 0 Å². The monoisotopic (exact) mass is 242 g/mol. The molecule has 0 aliphatic heterocycles. The Kier molecular flexibility index (Phi) is 5.41. The van der Waals surface area contributed by atoms with Crippen LogP contribution in [0.15, 0.2) is 0 Å². The first-order valence-corrected chi connectivity index (χ1v) is 6.20. The number of nitrogens with zero attached hydrogens (tertiary/aromatic N) is 1. The van der Waals surface area contributed by atoms with E-state index in [2.05, 4.69) is 5.32 Å². The lowest BCUT2D eigenvalue weighted by atomic mass is 10.1. The number of hydrogen-bond donors (Lipinski definition) is 2. The number of aliphatic hydroxyl groups is 1. The maximum absolute atomic E-state index is 11.7. The summed E-state index contributed by atoms with van der Waals surface area (Å²) in [5, 5.41) is 12.7. The molecule has 0 aromatic heterocycles. The smallest absolute Gasteiger partial charge is 0.239 e. The molecule has 98 valence electrons. The molecule has 0 radical (unpaired) electrons. The molecule has 2 atom stereocenters. The number of amides is 2. The highest BCUT2D eigenvalue weighted by Crippen LogP contribution is 2.17. The van der Waals surface area contributed by atoms with Crippen LogP contribution < -0.4 is 5.32 Å². The number of hydrogen-bond acceptors (Lipinski definition) is 3. The van der Waals surface area contributed by atoms with Gasteiger partial charge in [-0.3, -0.25) is 9.59 Å². The Balaban J connectivity index is 2.41. The zero-order valence-corrected chi connectivity index (χ0v) is 10.6. The zero-order valence-electron chi connectivity index (χ0n) is 10.6. The molecule has 0 aromatic rings. The van der Waals surface area contributed by atoms with E-state index in [1.165, 1.54) is 11.8 Å². The number of rotatable bonds is 3. The second kappa shape index (κ2) is 6.59. The van der Waals surface area contributed by atoms with E-state index in [-0.39, 0.29) is 24.4 Å². The fourth-order valence-electron chi connectivity index (χ4n) is 2.04. The van der Waals surface area contributed by atoms with Crippen LogP contribution in [0.25, 0.3) is 0 Å². The van der Waals surface area contributed by atoms with E-state index < -0.39 is 6.10 Å². The third-order valence-electron chi connectivity index (χ3n) is 3.24. The molecule has 0 aromatic carbocycles. The van der Waals surface area contributed by atoms with Crippen molar-refractivity contribution in [2.45, 2.75) is 51.2 Å². The molecule has 1 aliphatic carbocycles. The van der Waals surface area contributed by atoms with Gasteiger partial charge in [-0.1, -0.05) is 19.3 Å². The van der Waals surface area contributed by atoms with Crippen LogP contribution in [-0.2, 0) is 9.59 Å². The number of carbonyl (C=O) groups is 2. The van der Waals surface area contributed by atoms with Crippen LogP contribution in [0, 0.1) is 0 Å². The number of likely N-dealkylation sites (N-methyl/N-ethyl adjacent to an activating group) is 1. The van der Waals surface area contributed by atoms with Gasteiger partial charge in [0.1, 0.15) is 0 Å². The first kappa shape index (κ1) is 14.0. The van der Waals surface area contributed by atoms with Crippen LogP contribution in [0.5, 0.6) is 0 Å². The summed E-state index contributed by atoms with van der Waals surface area (Å²) in [5.41, 5.74) is 0. The molecule has 5 heteroatoms. The van der Waals surface area contributed by atoms with Gasteiger partial charge in [0.15, 0.2) is 0 Å². The van der Waals surface area contributed by atoms with E-state index >= 15 is 0 Å². The maximum Gasteiger partial charge on any atom is 0.239 e. The second-order valence-corrected chi connectivity index (χ2v) is 4.75. The molecular weight excluding hydrogens is 220 g/mol. The van der Waals surface area contributed by atoms with E-state index in [0.717, 1.165) is 32.1 Å². The van der Waals surface area contributed by atoms with E-state index in [4.69, 9.17) is 0 Å². The Bertz CT molecular complexity index is 281. The van der Waals surface area contributed by atoms with Gasteiger partial charge in [-0.25, -0.2) is 0 Å². The highest BCUT2D eigenvalue weighted by atomic mass is 16.3. The SMILES string of the molecule is CC(=O)N(C)CC(=O)NC1CCCCCC1O. The fourth-order valence-corrected chi connectivity index (χ4v) is 2.04. The highest BCUT2D eigenvalue weighted by Gasteiger charge is 2.23. The summed E-state index contributed by atoms with van der Waals surface area (Å²) in [4.78, 5) is 24.0. The molecule has 0 saturated heterocycles. The minimum atomic E-state index is -0.455. The molecule has 2 unspecified atom stereocenters. The summed E-state index contributed by atoms with van der Waals surface area (Å²) in [6.45, 7) is 1.48. The molecule has 17 heavy (non-hydrogen) atoms.